The fourth-order valence-electron chi connectivity index (χ4n) is 1.30. The summed E-state index contributed by atoms with van der Waals surface area (Å²) in [6.45, 7) is 7.04. The van der Waals surface area contributed by atoms with Crippen LogP contribution >= 0.6 is 27.3 Å². The highest BCUT2D eigenvalue weighted by molar-refractivity contribution is 9.11. The van der Waals surface area contributed by atoms with E-state index in [0.717, 1.165) is 13.0 Å². The van der Waals surface area contributed by atoms with Gasteiger partial charge in [-0.1, -0.05) is 13.0 Å². The van der Waals surface area contributed by atoms with Crippen LogP contribution in [-0.2, 0) is 0 Å². The molecule has 0 amide bonds. The van der Waals surface area contributed by atoms with E-state index in [2.05, 4.69) is 46.9 Å². The number of hydrogen-bond acceptors (Lipinski definition) is 2. The minimum atomic E-state index is 0.434. The molecule has 1 nitrogen and oxygen atoms in total. The van der Waals surface area contributed by atoms with Crippen molar-refractivity contribution in [1.29, 1.82) is 0 Å². The molecule has 0 fully saturated rings. The van der Waals surface area contributed by atoms with E-state index in [1.807, 2.05) is 6.08 Å². The van der Waals surface area contributed by atoms with Gasteiger partial charge in [0.15, 0.2) is 0 Å². The fourth-order valence-corrected chi connectivity index (χ4v) is 2.81. The molecule has 3 heteroatoms. The maximum absolute atomic E-state index is 3.79. The van der Waals surface area contributed by atoms with Crippen LogP contribution in [-0.4, -0.2) is 6.54 Å². The van der Waals surface area contributed by atoms with E-state index >= 15 is 0 Å². The van der Waals surface area contributed by atoms with Gasteiger partial charge in [0.05, 0.1) is 3.79 Å². The third-order valence-electron chi connectivity index (χ3n) is 1.98. The van der Waals surface area contributed by atoms with Crippen molar-refractivity contribution < 1.29 is 0 Å². The van der Waals surface area contributed by atoms with Crippen LogP contribution in [0.4, 0.5) is 0 Å². The average molecular weight is 274 g/mol. The standard InChI is InChI=1S/C11H16BrNS/c1-3-5-9(13-8-4-2)10-6-7-11(12)14-10/h3,6-7,9,13H,1,4-5,8H2,2H3. The van der Waals surface area contributed by atoms with E-state index in [-0.39, 0.29) is 0 Å². The van der Waals surface area contributed by atoms with E-state index in [1.165, 1.54) is 15.1 Å². The summed E-state index contributed by atoms with van der Waals surface area (Å²) in [5.74, 6) is 0. The first kappa shape index (κ1) is 12.0. The molecule has 0 spiro atoms. The number of rotatable bonds is 6. The number of hydrogen-bond donors (Lipinski definition) is 1. The molecule has 0 aromatic carbocycles. The fraction of sp³-hybridized carbons (Fsp3) is 0.455. The molecule has 78 valence electrons. The lowest BCUT2D eigenvalue weighted by molar-refractivity contribution is 0.544. The van der Waals surface area contributed by atoms with Crippen LogP contribution in [0.2, 0.25) is 0 Å². The number of thiophene rings is 1. The summed E-state index contributed by atoms with van der Waals surface area (Å²) in [6, 6.07) is 4.71. The Kier molecular flexibility index (Phi) is 5.45. The van der Waals surface area contributed by atoms with Gasteiger partial charge in [0.25, 0.3) is 0 Å². The molecule has 0 saturated carbocycles. The van der Waals surface area contributed by atoms with Gasteiger partial charge in [-0.2, -0.15) is 0 Å². The molecular weight excluding hydrogens is 258 g/mol. The Bertz CT molecular complexity index is 283. The largest absolute Gasteiger partial charge is 0.309 e. The Hall–Kier alpha value is -0.120. The number of halogens is 1. The normalized spacial score (nSPS) is 12.7. The Morgan fingerprint density at radius 2 is 2.43 bits per heavy atom. The monoisotopic (exact) mass is 273 g/mol. The Morgan fingerprint density at radius 3 is 2.93 bits per heavy atom. The van der Waals surface area contributed by atoms with Crippen LogP contribution in [0.3, 0.4) is 0 Å². The molecule has 1 unspecified atom stereocenters. The van der Waals surface area contributed by atoms with Crippen molar-refractivity contribution >= 4 is 27.3 Å². The van der Waals surface area contributed by atoms with Gasteiger partial charge < -0.3 is 5.32 Å². The second-order valence-corrected chi connectivity index (χ2v) is 5.67. The van der Waals surface area contributed by atoms with Gasteiger partial charge in [0, 0.05) is 10.9 Å². The van der Waals surface area contributed by atoms with Crippen molar-refractivity contribution in [3.05, 3.63) is 33.5 Å². The van der Waals surface area contributed by atoms with Crippen molar-refractivity contribution in [3.8, 4) is 0 Å². The lowest BCUT2D eigenvalue weighted by Gasteiger charge is -2.14. The SMILES string of the molecule is C=CCC(NCCC)c1ccc(Br)s1. The highest BCUT2D eigenvalue weighted by atomic mass is 79.9. The van der Waals surface area contributed by atoms with E-state index in [4.69, 9.17) is 0 Å². The molecule has 0 aliphatic rings. The van der Waals surface area contributed by atoms with Crippen LogP contribution < -0.4 is 5.32 Å². The molecule has 0 radical (unpaired) electrons. The molecule has 1 aromatic heterocycles. The van der Waals surface area contributed by atoms with Crippen LogP contribution in [0.1, 0.15) is 30.7 Å². The van der Waals surface area contributed by atoms with Crippen LogP contribution in [0, 0.1) is 0 Å². The summed E-state index contributed by atoms with van der Waals surface area (Å²) >= 11 is 5.28. The van der Waals surface area contributed by atoms with Crippen LogP contribution in [0.15, 0.2) is 28.6 Å². The van der Waals surface area contributed by atoms with Gasteiger partial charge in [0.1, 0.15) is 0 Å². The Labute approximate surface area is 98.4 Å². The second kappa shape index (κ2) is 6.38. The minimum Gasteiger partial charge on any atom is -0.309 e. The van der Waals surface area contributed by atoms with Gasteiger partial charge in [0.2, 0.25) is 0 Å². The minimum absolute atomic E-state index is 0.434. The first-order chi connectivity index (χ1) is 6.77. The summed E-state index contributed by atoms with van der Waals surface area (Å²) in [6.07, 6.45) is 4.13. The van der Waals surface area contributed by atoms with E-state index in [9.17, 15) is 0 Å². The summed E-state index contributed by atoms with van der Waals surface area (Å²) in [5, 5.41) is 3.52. The lowest BCUT2D eigenvalue weighted by Crippen LogP contribution is -2.20. The molecule has 0 bridgehead atoms. The number of nitrogens with one attached hydrogen (secondary N) is 1. The molecule has 1 N–H and O–H groups in total. The van der Waals surface area contributed by atoms with Crippen molar-refractivity contribution in [2.24, 2.45) is 0 Å². The van der Waals surface area contributed by atoms with E-state index in [1.54, 1.807) is 11.3 Å². The Balaban J connectivity index is 2.61. The second-order valence-electron chi connectivity index (χ2n) is 3.17. The predicted molar refractivity (Wildman–Crippen MR) is 67.9 cm³/mol. The zero-order chi connectivity index (χ0) is 10.4. The molecule has 14 heavy (non-hydrogen) atoms. The van der Waals surface area contributed by atoms with Gasteiger partial charge in [-0.3, -0.25) is 0 Å². The molecular formula is C11H16BrNS. The Morgan fingerprint density at radius 1 is 1.64 bits per heavy atom. The molecule has 0 aliphatic heterocycles. The van der Waals surface area contributed by atoms with Crippen molar-refractivity contribution in [2.45, 2.75) is 25.8 Å². The van der Waals surface area contributed by atoms with Crippen molar-refractivity contribution in [1.82, 2.24) is 5.32 Å². The smallest absolute Gasteiger partial charge is 0.0701 e. The summed E-state index contributed by atoms with van der Waals surface area (Å²) in [7, 11) is 0. The quantitative estimate of drug-likeness (QED) is 0.769. The molecule has 0 saturated heterocycles. The third kappa shape index (κ3) is 3.56. The van der Waals surface area contributed by atoms with Crippen molar-refractivity contribution in [2.75, 3.05) is 6.54 Å². The molecule has 1 heterocycles. The highest BCUT2D eigenvalue weighted by Crippen LogP contribution is 2.29. The zero-order valence-electron chi connectivity index (χ0n) is 8.42. The lowest BCUT2D eigenvalue weighted by atomic mass is 10.1. The maximum Gasteiger partial charge on any atom is 0.0701 e. The molecule has 0 aliphatic carbocycles. The van der Waals surface area contributed by atoms with E-state index < -0.39 is 0 Å². The molecule has 1 aromatic rings. The summed E-state index contributed by atoms with van der Waals surface area (Å²) in [4.78, 5) is 1.38. The van der Waals surface area contributed by atoms with Crippen molar-refractivity contribution in [3.63, 3.8) is 0 Å². The molecule has 1 rings (SSSR count). The van der Waals surface area contributed by atoms with E-state index in [0.29, 0.717) is 6.04 Å². The highest BCUT2D eigenvalue weighted by Gasteiger charge is 2.10. The van der Waals surface area contributed by atoms with Gasteiger partial charge in [-0.25, -0.2) is 0 Å². The maximum atomic E-state index is 3.79. The van der Waals surface area contributed by atoms with Gasteiger partial charge in [-0.05, 0) is 47.4 Å². The van der Waals surface area contributed by atoms with Gasteiger partial charge in [-0.15, -0.1) is 17.9 Å². The summed E-state index contributed by atoms with van der Waals surface area (Å²) < 4.78 is 1.19. The molecule has 1 atom stereocenters. The first-order valence-corrected chi connectivity index (χ1v) is 6.48. The topological polar surface area (TPSA) is 12.0 Å². The van der Waals surface area contributed by atoms with Crippen LogP contribution in [0.5, 0.6) is 0 Å². The third-order valence-corrected chi connectivity index (χ3v) is 3.72. The van der Waals surface area contributed by atoms with Crippen LogP contribution in [0.25, 0.3) is 0 Å². The van der Waals surface area contributed by atoms with Gasteiger partial charge >= 0.3 is 0 Å². The predicted octanol–water partition coefficient (Wildman–Crippen LogP) is 4.13. The average Bonchev–Trinajstić information content (AvgIpc) is 2.59. The summed E-state index contributed by atoms with van der Waals surface area (Å²) in [5.41, 5.74) is 0. The first-order valence-electron chi connectivity index (χ1n) is 4.87. The zero-order valence-corrected chi connectivity index (χ0v) is 10.8.